The molecule has 4 rings (SSSR count). The Bertz CT molecular complexity index is 1060. The van der Waals surface area contributed by atoms with Crippen LogP contribution in [0.15, 0.2) is 59.5 Å². The first-order valence-electron chi connectivity index (χ1n) is 7.86. The van der Waals surface area contributed by atoms with E-state index in [2.05, 4.69) is 16.5 Å². The number of para-hydroxylation sites is 1. The molecule has 3 aromatic heterocycles. The molecule has 0 radical (unpaired) electrons. The summed E-state index contributed by atoms with van der Waals surface area (Å²) < 4.78 is 9.39. The van der Waals surface area contributed by atoms with Gasteiger partial charge in [0.1, 0.15) is 23.2 Å². The minimum Gasteiger partial charge on any atom is -0.467 e. The van der Waals surface area contributed by atoms with E-state index >= 15 is 0 Å². The van der Waals surface area contributed by atoms with Crippen LogP contribution in [0.25, 0.3) is 16.7 Å². The lowest BCUT2D eigenvalue weighted by Gasteiger charge is -2.08. The second kappa shape index (κ2) is 5.53. The summed E-state index contributed by atoms with van der Waals surface area (Å²) in [5.41, 5.74) is 4.39. The Hall–Kier alpha value is -3.08. The highest BCUT2D eigenvalue weighted by molar-refractivity contribution is 5.81. The van der Waals surface area contributed by atoms with E-state index in [0.717, 1.165) is 33.7 Å². The van der Waals surface area contributed by atoms with Gasteiger partial charge in [-0.15, -0.1) is 0 Å². The quantitative estimate of drug-likeness (QED) is 0.628. The number of aryl methyl sites for hydroxylation is 1. The molecule has 24 heavy (non-hydrogen) atoms. The second-order valence-electron chi connectivity index (χ2n) is 5.87. The zero-order valence-electron chi connectivity index (χ0n) is 13.7. The van der Waals surface area contributed by atoms with Crippen LogP contribution in [0.3, 0.4) is 0 Å². The van der Waals surface area contributed by atoms with Crippen LogP contribution in [0.2, 0.25) is 0 Å². The van der Waals surface area contributed by atoms with E-state index in [4.69, 9.17) is 9.83 Å². The molecule has 0 atom stereocenters. The number of hydrogen-bond acceptors (Lipinski definition) is 3. The molecular formula is C19H18N4O. The third-order valence-electron chi connectivity index (χ3n) is 4.50. The number of benzene rings is 1. The van der Waals surface area contributed by atoms with Crippen molar-refractivity contribution in [1.82, 2.24) is 14.1 Å². The molecule has 5 heteroatoms. The molecule has 4 aromatic rings. The van der Waals surface area contributed by atoms with Gasteiger partial charge in [-0.2, -0.15) is 0 Å². The summed E-state index contributed by atoms with van der Waals surface area (Å²) in [6, 6.07) is 13.7. The zero-order chi connectivity index (χ0) is 16.7. The zero-order valence-corrected chi connectivity index (χ0v) is 13.7. The molecule has 0 amide bonds. The van der Waals surface area contributed by atoms with Gasteiger partial charge in [-0.3, -0.25) is 9.98 Å². The first-order valence-corrected chi connectivity index (χ1v) is 7.86. The molecule has 120 valence electrons. The van der Waals surface area contributed by atoms with E-state index in [1.54, 1.807) is 12.6 Å². The van der Waals surface area contributed by atoms with Crippen LogP contribution in [0, 0.1) is 19.3 Å². The Labute approximate surface area is 139 Å². The number of rotatable bonds is 3. The van der Waals surface area contributed by atoms with Crippen LogP contribution in [0.1, 0.15) is 17.0 Å². The van der Waals surface area contributed by atoms with Crippen molar-refractivity contribution in [2.75, 3.05) is 0 Å². The maximum absolute atomic E-state index is 8.66. The molecule has 0 spiro atoms. The van der Waals surface area contributed by atoms with Gasteiger partial charge in [0.05, 0.1) is 18.2 Å². The van der Waals surface area contributed by atoms with Gasteiger partial charge in [0.15, 0.2) is 0 Å². The molecule has 5 nitrogen and oxygen atoms in total. The number of furan rings is 1. The minimum atomic E-state index is 0.449. The van der Waals surface area contributed by atoms with Gasteiger partial charge < -0.3 is 8.98 Å². The maximum atomic E-state index is 8.66. The summed E-state index contributed by atoms with van der Waals surface area (Å²) in [6.45, 7) is 4.72. The van der Waals surface area contributed by atoms with Crippen LogP contribution in [-0.2, 0) is 6.54 Å². The highest BCUT2D eigenvalue weighted by Crippen LogP contribution is 2.22. The molecule has 1 aromatic carbocycles. The lowest BCUT2D eigenvalue weighted by atomic mass is 10.2. The number of aromatic nitrogens is 3. The van der Waals surface area contributed by atoms with Crippen LogP contribution in [0.4, 0.5) is 0 Å². The van der Waals surface area contributed by atoms with E-state index < -0.39 is 0 Å². The molecular weight excluding hydrogens is 300 g/mol. The third-order valence-corrected chi connectivity index (χ3v) is 4.50. The van der Waals surface area contributed by atoms with Gasteiger partial charge in [0.25, 0.3) is 0 Å². The van der Waals surface area contributed by atoms with Gasteiger partial charge in [-0.25, -0.2) is 4.98 Å². The Balaban J connectivity index is 1.94. The Morgan fingerprint density at radius 2 is 1.88 bits per heavy atom. The van der Waals surface area contributed by atoms with E-state index in [9.17, 15) is 0 Å². The average molecular weight is 318 g/mol. The van der Waals surface area contributed by atoms with E-state index in [1.807, 2.05) is 54.0 Å². The highest BCUT2D eigenvalue weighted by Gasteiger charge is 2.16. The topological polar surface area (TPSA) is 59.7 Å². The van der Waals surface area contributed by atoms with Crippen LogP contribution in [-0.4, -0.2) is 14.1 Å². The first kappa shape index (κ1) is 14.5. The third kappa shape index (κ3) is 2.17. The van der Waals surface area contributed by atoms with Crippen molar-refractivity contribution in [3.8, 4) is 5.69 Å². The lowest BCUT2D eigenvalue weighted by Crippen LogP contribution is -2.19. The van der Waals surface area contributed by atoms with Crippen LogP contribution >= 0.6 is 0 Å². The van der Waals surface area contributed by atoms with Crippen molar-refractivity contribution in [1.29, 1.82) is 5.41 Å². The van der Waals surface area contributed by atoms with Crippen molar-refractivity contribution in [3.63, 3.8) is 0 Å². The molecule has 0 bridgehead atoms. The molecule has 0 saturated carbocycles. The second-order valence-corrected chi connectivity index (χ2v) is 5.87. The monoisotopic (exact) mass is 318 g/mol. The summed E-state index contributed by atoms with van der Waals surface area (Å²) in [5, 5.41) is 9.54. The molecule has 1 N–H and O–H groups in total. The Morgan fingerprint density at radius 3 is 2.58 bits per heavy atom. The standard InChI is InChI=1S/C19H18N4O/c1-13-14(2)22(11-16-9-6-10-24-16)19-17(13)18(20)23(12-21-19)15-7-4-3-5-8-15/h3-10,12,20H,11H2,1-2H3. The summed E-state index contributed by atoms with van der Waals surface area (Å²) in [6.07, 6.45) is 3.40. The number of nitrogens with one attached hydrogen (secondary N) is 1. The van der Waals surface area contributed by atoms with Gasteiger partial charge in [-0.05, 0) is 43.7 Å². The van der Waals surface area contributed by atoms with Crippen molar-refractivity contribution in [2.45, 2.75) is 20.4 Å². The molecule has 3 heterocycles. The van der Waals surface area contributed by atoms with Gasteiger partial charge in [0, 0.05) is 11.4 Å². The smallest absolute Gasteiger partial charge is 0.146 e. The minimum absolute atomic E-state index is 0.449. The van der Waals surface area contributed by atoms with Gasteiger partial charge >= 0.3 is 0 Å². The van der Waals surface area contributed by atoms with E-state index in [0.29, 0.717) is 12.0 Å². The number of nitrogens with zero attached hydrogens (tertiary/aromatic N) is 3. The molecule has 0 aliphatic heterocycles. The van der Waals surface area contributed by atoms with Crippen molar-refractivity contribution in [2.24, 2.45) is 0 Å². The number of hydrogen-bond donors (Lipinski definition) is 1. The Morgan fingerprint density at radius 1 is 1.08 bits per heavy atom. The maximum Gasteiger partial charge on any atom is 0.146 e. The normalized spacial score (nSPS) is 11.2. The van der Waals surface area contributed by atoms with Gasteiger partial charge in [-0.1, -0.05) is 18.2 Å². The first-order chi connectivity index (χ1) is 11.7. The van der Waals surface area contributed by atoms with Crippen molar-refractivity contribution in [3.05, 3.63) is 77.6 Å². The predicted octanol–water partition coefficient (Wildman–Crippen LogP) is 3.56. The molecule has 0 unspecified atom stereocenters. The lowest BCUT2D eigenvalue weighted by molar-refractivity contribution is 0.494. The fourth-order valence-corrected chi connectivity index (χ4v) is 3.09. The summed E-state index contributed by atoms with van der Waals surface area (Å²) in [4.78, 5) is 4.64. The fraction of sp³-hybridized carbons (Fsp3) is 0.158. The van der Waals surface area contributed by atoms with E-state index in [-0.39, 0.29) is 0 Å². The van der Waals surface area contributed by atoms with Crippen molar-refractivity contribution < 1.29 is 4.42 Å². The molecule has 0 saturated heterocycles. The predicted molar refractivity (Wildman–Crippen MR) is 92.2 cm³/mol. The Kier molecular flexibility index (Phi) is 3.34. The molecule has 0 aliphatic carbocycles. The van der Waals surface area contributed by atoms with Crippen LogP contribution in [0.5, 0.6) is 0 Å². The fourth-order valence-electron chi connectivity index (χ4n) is 3.09. The number of fused-ring (bicyclic) bond motifs is 1. The molecule has 0 aliphatic rings. The summed E-state index contributed by atoms with van der Waals surface area (Å²) >= 11 is 0. The van der Waals surface area contributed by atoms with Gasteiger partial charge in [0.2, 0.25) is 0 Å². The van der Waals surface area contributed by atoms with Crippen LogP contribution < -0.4 is 5.49 Å². The SMILES string of the molecule is Cc1c(C)n(Cc2ccco2)c2ncn(-c3ccccc3)c(=N)c12. The molecule has 0 fully saturated rings. The summed E-state index contributed by atoms with van der Waals surface area (Å²) in [7, 11) is 0. The summed E-state index contributed by atoms with van der Waals surface area (Å²) in [5.74, 6) is 0.878. The van der Waals surface area contributed by atoms with Crippen molar-refractivity contribution >= 4 is 11.0 Å². The largest absolute Gasteiger partial charge is 0.467 e. The van der Waals surface area contributed by atoms with E-state index in [1.165, 1.54) is 0 Å². The average Bonchev–Trinajstić information content (AvgIpc) is 3.19. The highest BCUT2D eigenvalue weighted by atomic mass is 16.3.